The van der Waals surface area contributed by atoms with Crippen molar-refractivity contribution in [2.75, 3.05) is 12.1 Å². The first kappa shape index (κ1) is 14.6. The lowest BCUT2D eigenvalue weighted by molar-refractivity contribution is 0.102. The Bertz CT molecular complexity index is 1120. The number of aromatic amines is 1. The second kappa shape index (κ2) is 5.66. The third-order valence-corrected chi connectivity index (χ3v) is 4.26. The second-order valence-corrected chi connectivity index (χ2v) is 5.86. The third kappa shape index (κ3) is 2.37. The molecule has 1 aromatic carbocycles. The van der Waals surface area contributed by atoms with Crippen LogP contribution in [-0.2, 0) is 0 Å². The largest absolute Gasteiger partial charge is 0.472 e. The van der Waals surface area contributed by atoms with Crippen LogP contribution in [0.3, 0.4) is 0 Å². The Hall–Kier alpha value is -3.74. The molecular formula is C19H13N3O4. The molecule has 2 N–H and O–H groups in total. The van der Waals surface area contributed by atoms with Gasteiger partial charge in [-0.3, -0.25) is 4.79 Å². The highest BCUT2D eigenvalue weighted by atomic mass is 16.7. The van der Waals surface area contributed by atoms with Crippen LogP contribution in [0.4, 0.5) is 5.69 Å². The predicted molar refractivity (Wildman–Crippen MR) is 94.3 cm³/mol. The number of hydrogen-bond donors (Lipinski definition) is 2. The van der Waals surface area contributed by atoms with Crippen molar-refractivity contribution < 1.29 is 18.7 Å². The van der Waals surface area contributed by atoms with Crippen molar-refractivity contribution in [3.63, 3.8) is 0 Å². The number of fused-ring (bicyclic) bond motifs is 2. The molecule has 0 saturated heterocycles. The molecular weight excluding hydrogens is 334 g/mol. The predicted octanol–water partition coefficient (Wildman–Crippen LogP) is 3.80. The van der Waals surface area contributed by atoms with Crippen LogP contribution in [0.1, 0.15) is 10.4 Å². The number of rotatable bonds is 3. The molecule has 0 bridgehead atoms. The summed E-state index contributed by atoms with van der Waals surface area (Å²) in [4.78, 5) is 20.1. The van der Waals surface area contributed by atoms with Gasteiger partial charge in [0.25, 0.3) is 5.91 Å². The standard InChI is InChI=1S/C19H13N3O4/c23-19(22-13-1-2-16-17(6-13)26-10-25-16)12-5-14-15(11-3-4-24-9-11)8-21-18(14)20-7-12/h1-9H,10H2,(H,20,21)(H,22,23). The molecule has 4 heterocycles. The van der Waals surface area contributed by atoms with Crippen LogP contribution in [0, 0.1) is 0 Å². The van der Waals surface area contributed by atoms with Crippen LogP contribution in [0.15, 0.2) is 59.7 Å². The zero-order valence-electron chi connectivity index (χ0n) is 13.5. The first-order valence-electron chi connectivity index (χ1n) is 7.99. The van der Waals surface area contributed by atoms with Gasteiger partial charge in [-0.25, -0.2) is 4.98 Å². The van der Waals surface area contributed by atoms with Gasteiger partial charge in [0.2, 0.25) is 6.79 Å². The molecule has 1 aliphatic heterocycles. The lowest BCUT2D eigenvalue weighted by atomic mass is 10.1. The van der Waals surface area contributed by atoms with Gasteiger partial charge in [0.05, 0.1) is 18.1 Å². The summed E-state index contributed by atoms with van der Waals surface area (Å²) in [5, 5.41) is 3.71. The van der Waals surface area contributed by atoms with Crippen molar-refractivity contribution >= 4 is 22.6 Å². The lowest BCUT2D eigenvalue weighted by Gasteiger charge is -2.06. The third-order valence-electron chi connectivity index (χ3n) is 4.26. The van der Waals surface area contributed by atoms with E-state index in [0.29, 0.717) is 28.4 Å². The average molecular weight is 347 g/mol. The quantitative estimate of drug-likeness (QED) is 0.588. The van der Waals surface area contributed by atoms with Gasteiger partial charge in [0.15, 0.2) is 11.5 Å². The lowest BCUT2D eigenvalue weighted by Crippen LogP contribution is -2.12. The molecule has 3 aromatic heterocycles. The van der Waals surface area contributed by atoms with Crippen LogP contribution in [0.2, 0.25) is 0 Å². The van der Waals surface area contributed by atoms with E-state index in [1.807, 2.05) is 18.3 Å². The summed E-state index contributed by atoms with van der Waals surface area (Å²) in [5.41, 5.74) is 3.65. The van der Waals surface area contributed by atoms with Crippen LogP contribution < -0.4 is 14.8 Å². The van der Waals surface area contributed by atoms with Crippen molar-refractivity contribution in [3.8, 4) is 22.6 Å². The molecule has 0 aliphatic carbocycles. The van der Waals surface area contributed by atoms with E-state index in [9.17, 15) is 4.79 Å². The normalized spacial score (nSPS) is 12.5. The van der Waals surface area contributed by atoms with Gasteiger partial charge in [0, 0.05) is 40.7 Å². The van der Waals surface area contributed by atoms with Crippen molar-refractivity contribution in [3.05, 3.63) is 60.8 Å². The van der Waals surface area contributed by atoms with E-state index in [0.717, 1.165) is 16.5 Å². The number of H-pyrrole nitrogens is 1. The molecule has 0 saturated carbocycles. The van der Waals surface area contributed by atoms with Gasteiger partial charge < -0.3 is 24.2 Å². The smallest absolute Gasteiger partial charge is 0.257 e. The number of pyridine rings is 1. The van der Waals surface area contributed by atoms with Crippen LogP contribution in [-0.4, -0.2) is 22.7 Å². The van der Waals surface area contributed by atoms with E-state index < -0.39 is 0 Å². The van der Waals surface area contributed by atoms with Crippen molar-refractivity contribution in [2.24, 2.45) is 0 Å². The highest BCUT2D eigenvalue weighted by molar-refractivity contribution is 6.07. The minimum atomic E-state index is -0.252. The zero-order valence-corrected chi connectivity index (χ0v) is 13.5. The fraction of sp³-hybridized carbons (Fsp3) is 0.0526. The molecule has 26 heavy (non-hydrogen) atoms. The molecule has 0 atom stereocenters. The summed E-state index contributed by atoms with van der Waals surface area (Å²) in [6, 6.07) is 8.94. The Labute approximate surface area is 147 Å². The van der Waals surface area contributed by atoms with Gasteiger partial charge in [-0.15, -0.1) is 0 Å². The van der Waals surface area contributed by atoms with Gasteiger partial charge in [-0.2, -0.15) is 0 Å². The average Bonchev–Trinajstić information content (AvgIpc) is 3.40. The fourth-order valence-electron chi connectivity index (χ4n) is 2.96. The van der Waals surface area contributed by atoms with E-state index >= 15 is 0 Å². The molecule has 1 aliphatic rings. The van der Waals surface area contributed by atoms with Gasteiger partial charge in [-0.1, -0.05) is 0 Å². The Balaban J connectivity index is 1.46. The summed E-state index contributed by atoms with van der Waals surface area (Å²) in [5.74, 6) is 1.03. The monoisotopic (exact) mass is 347 g/mol. The van der Waals surface area contributed by atoms with Crippen molar-refractivity contribution in [1.29, 1.82) is 0 Å². The summed E-state index contributed by atoms with van der Waals surface area (Å²) in [6.07, 6.45) is 6.65. The van der Waals surface area contributed by atoms with Crippen LogP contribution in [0.5, 0.6) is 11.5 Å². The molecule has 5 rings (SSSR count). The minimum absolute atomic E-state index is 0.192. The number of amides is 1. The van der Waals surface area contributed by atoms with E-state index in [1.165, 1.54) is 0 Å². The van der Waals surface area contributed by atoms with E-state index in [1.54, 1.807) is 36.9 Å². The SMILES string of the molecule is O=C(Nc1ccc2c(c1)OCO2)c1cnc2[nH]cc(-c3ccoc3)c2c1. The molecule has 0 fully saturated rings. The number of anilines is 1. The number of nitrogens with zero attached hydrogens (tertiary/aromatic N) is 1. The van der Waals surface area contributed by atoms with Crippen molar-refractivity contribution in [1.82, 2.24) is 9.97 Å². The Morgan fingerprint density at radius 2 is 2.08 bits per heavy atom. The molecule has 0 radical (unpaired) electrons. The minimum Gasteiger partial charge on any atom is -0.472 e. The number of ether oxygens (including phenoxy) is 2. The Morgan fingerprint density at radius 3 is 2.96 bits per heavy atom. The summed E-state index contributed by atoms with van der Waals surface area (Å²) in [7, 11) is 0. The Morgan fingerprint density at radius 1 is 1.15 bits per heavy atom. The summed E-state index contributed by atoms with van der Waals surface area (Å²) in [6.45, 7) is 0.192. The summed E-state index contributed by atoms with van der Waals surface area (Å²) < 4.78 is 15.8. The number of carbonyl (C=O) groups excluding carboxylic acids is 1. The maximum absolute atomic E-state index is 12.6. The zero-order chi connectivity index (χ0) is 17.5. The van der Waals surface area contributed by atoms with Crippen molar-refractivity contribution in [2.45, 2.75) is 0 Å². The van der Waals surface area contributed by atoms with Gasteiger partial charge in [0.1, 0.15) is 5.65 Å². The number of nitrogens with one attached hydrogen (secondary N) is 2. The van der Waals surface area contributed by atoms with Gasteiger partial charge in [-0.05, 0) is 24.3 Å². The maximum atomic E-state index is 12.6. The topological polar surface area (TPSA) is 89.4 Å². The van der Waals surface area contributed by atoms with Crippen LogP contribution in [0.25, 0.3) is 22.2 Å². The Kier molecular flexibility index (Phi) is 3.18. The molecule has 4 aromatic rings. The van der Waals surface area contributed by atoms with E-state index in [2.05, 4.69) is 15.3 Å². The van der Waals surface area contributed by atoms with Crippen LogP contribution >= 0.6 is 0 Å². The number of aromatic nitrogens is 2. The molecule has 7 heteroatoms. The first-order valence-corrected chi connectivity index (χ1v) is 7.99. The molecule has 7 nitrogen and oxygen atoms in total. The highest BCUT2D eigenvalue weighted by Crippen LogP contribution is 2.34. The highest BCUT2D eigenvalue weighted by Gasteiger charge is 2.16. The molecule has 0 spiro atoms. The van der Waals surface area contributed by atoms with Gasteiger partial charge >= 0.3 is 0 Å². The number of benzene rings is 1. The maximum Gasteiger partial charge on any atom is 0.257 e. The van der Waals surface area contributed by atoms with E-state index in [-0.39, 0.29) is 12.7 Å². The fourth-order valence-corrected chi connectivity index (χ4v) is 2.96. The number of hydrogen-bond acceptors (Lipinski definition) is 5. The first-order chi connectivity index (χ1) is 12.8. The molecule has 1 amide bonds. The van der Waals surface area contributed by atoms with E-state index in [4.69, 9.17) is 13.9 Å². The number of carbonyl (C=O) groups is 1. The molecule has 128 valence electrons. The second-order valence-electron chi connectivity index (χ2n) is 5.86. The molecule has 0 unspecified atom stereocenters. The summed E-state index contributed by atoms with van der Waals surface area (Å²) >= 11 is 0. The number of furan rings is 1.